The Bertz CT molecular complexity index is 422. The van der Waals surface area contributed by atoms with Gasteiger partial charge in [0.15, 0.2) is 0 Å². The summed E-state index contributed by atoms with van der Waals surface area (Å²) in [5.74, 6) is -0.330. The van der Waals surface area contributed by atoms with Crippen LogP contribution in [0.2, 0.25) is 0 Å². The molecule has 1 atom stereocenters. The smallest absolute Gasteiger partial charge is 0.255 e. The quantitative estimate of drug-likeness (QED) is 0.820. The number of carbonyl (C=O) groups excluding carboxylic acids is 2. The Kier molecular flexibility index (Phi) is 4.57. The highest BCUT2D eigenvalue weighted by Crippen LogP contribution is 2.03. The van der Waals surface area contributed by atoms with Crippen LogP contribution in [0, 0.1) is 0 Å². The molecule has 0 spiro atoms. The van der Waals surface area contributed by atoms with Gasteiger partial charge in [-0.2, -0.15) is 0 Å². The Hall–Kier alpha value is -1.82. The molecule has 1 aromatic rings. The molecule has 1 fully saturated rings. The van der Waals surface area contributed by atoms with Crippen molar-refractivity contribution in [3.63, 3.8) is 0 Å². The minimum Gasteiger partial charge on any atom is -0.472 e. The molecule has 2 N–H and O–H groups in total. The number of amides is 2. The van der Waals surface area contributed by atoms with Crippen molar-refractivity contribution in [2.45, 2.75) is 19.4 Å². The molecule has 6 nitrogen and oxygen atoms in total. The zero-order chi connectivity index (χ0) is 13.7. The molecule has 19 heavy (non-hydrogen) atoms. The van der Waals surface area contributed by atoms with E-state index in [0.717, 1.165) is 26.1 Å². The first kappa shape index (κ1) is 13.6. The normalized spacial score (nSPS) is 17.6. The van der Waals surface area contributed by atoms with Gasteiger partial charge in [0.1, 0.15) is 12.3 Å². The minimum absolute atomic E-state index is 0.0412. The van der Waals surface area contributed by atoms with Crippen molar-refractivity contribution in [1.29, 1.82) is 0 Å². The number of rotatable bonds is 3. The molecule has 2 amide bonds. The zero-order valence-corrected chi connectivity index (χ0v) is 11.0. The van der Waals surface area contributed by atoms with Crippen LogP contribution in [0.15, 0.2) is 23.0 Å². The lowest BCUT2D eigenvalue weighted by molar-refractivity contribution is -0.132. The summed E-state index contributed by atoms with van der Waals surface area (Å²) in [5.41, 5.74) is 0.428. The van der Waals surface area contributed by atoms with Gasteiger partial charge in [0.05, 0.1) is 11.8 Å². The summed E-state index contributed by atoms with van der Waals surface area (Å²) in [7, 11) is 0. The van der Waals surface area contributed by atoms with Gasteiger partial charge in [-0.25, -0.2) is 0 Å². The summed E-state index contributed by atoms with van der Waals surface area (Å²) in [5, 5.41) is 5.93. The lowest BCUT2D eigenvalue weighted by Crippen LogP contribution is -2.47. The van der Waals surface area contributed by atoms with Crippen LogP contribution < -0.4 is 10.6 Å². The predicted molar refractivity (Wildman–Crippen MR) is 69.7 cm³/mol. The van der Waals surface area contributed by atoms with Gasteiger partial charge in [-0.15, -0.1) is 0 Å². The van der Waals surface area contributed by atoms with Crippen LogP contribution >= 0.6 is 0 Å². The van der Waals surface area contributed by atoms with Crippen LogP contribution in [0.5, 0.6) is 0 Å². The third-order valence-corrected chi connectivity index (χ3v) is 3.15. The Labute approximate surface area is 112 Å². The second-order valence-corrected chi connectivity index (χ2v) is 4.64. The maximum atomic E-state index is 12.2. The minimum atomic E-state index is -0.527. The van der Waals surface area contributed by atoms with Crippen LogP contribution in [-0.4, -0.2) is 48.9 Å². The molecule has 0 aromatic carbocycles. The number of carbonyl (C=O) groups is 2. The maximum Gasteiger partial charge on any atom is 0.255 e. The number of hydrogen-bond acceptors (Lipinski definition) is 4. The van der Waals surface area contributed by atoms with Gasteiger partial charge in [0.25, 0.3) is 5.91 Å². The Morgan fingerprint density at radius 3 is 3.00 bits per heavy atom. The van der Waals surface area contributed by atoms with Gasteiger partial charge >= 0.3 is 0 Å². The van der Waals surface area contributed by atoms with Crippen molar-refractivity contribution in [2.75, 3.05) is 26.2 Å². The van der Waals surface area contributed by atoms with Crippen LogP contribution in [0.25, 0.3) is 0 Å². The average molecular weight is 265 g/mol. The molecular weight excluding hydrogens is 246 g/mol. The number of hydrogen-bond donors (Lipinski definition) is 2. The fourth-order valence-electron chi connectivity index (χ4n) is 2.08. The lowest BCUT2D eigenvalue weighted by atomic mass is 10.2. The van der Waals surface area contributed by atoms with Crippen molar-refractivity contribution < 1.29 is 14.0 Å². The van der Waals surface area contributed by atoms with E-state index in [1.165, 1.54) is 12.5 Å². The molecule has 1 aliphatic rings. The van der Waals surface area contributed by atoms with E-state index in [1.807, 2.05) is 0 Å². The molecular formula is C13H19N3O3. The van der Waals surface area contributed by atoms with Crippen molar-refractivity contribution >= 4 is 11.8 Å². The van der Waals surface area contributed by atoms with Crippen molar-refractivity contribution in [3.05, 3.63) is 24.2 Å². The fraction of sp³-hybridized carbons (Fsp3) is 0.538. The SMILES string of the molecule is CC(NC(=O)c1ccoc1)C(=O)N1CCCNCC1. The van der Waals surface area contributed by atoms with E-state index >= 15 is 0 Å². The van der Waals surface area contributed by atoms with E-state index in [2.05, 4.69) is 10.6 Å². The topological polar surface area (TPSA) is 74.6 Å². The van der Waals surface area contributed by atoms with E-state index in [9.17, 15) is 9.59 Å². The van der Waals surface area contributed by atoms with Crippen molar-refractivity contribution in [3.8, 4) is 0 Å². The van der Waals surface area contributed by atoms with Gasteiger partial charge in [-0.3, -0.25) is 9.59 Å². The van der Waals surface area contributed by atoms with E-state index in [4.69, 9.17) is 4.42 Å². The van der Waals surface area contributed by atoms with Crippen LogP contribution in [0.1, 0.15) is 23.7 Å². The van der Waals surface area contributed by atoms with Crippen LogP contribution in [0.4, 0.5) is 0 Å². The van der Waals surface area contributed by atoms with Gasteiger partial charge in [0.2, 0.25) is 5.91 Å². The van der Waals surface area contributed by atoms with Crippen LogP contribution in [-0.2, 0) is 4.79 Å². The van der Waals surface area contributed by atoms with E-state index < -0.39 is 6.04 Å². The highest BCUT2D eigenvalue weighted by Gasteiger charge is 2.23. The molecule has 0 aliphatic carbocycles. The number of furan rings is 1. The molecule has 2 heterocycles. The van der Waals surface area contributed by atoms with Gasteiger partial charge < -0.3 is 20.0 Å². The molecule has 2 rings (SSSR count). The summed E-state index contributed by atoms with van der Waals surface area (Å²) in [6, 6.07) is 1.04. The summed E-state index contributed by atoms with van der Waals surface area (Å²) in [6.45, 7) is 4.86. The molecule has 0 saturated carbocycles. The lowest BCUT2D eigenvalue weighted by Gasteiger charge is -2.24. The predicted octanol–water partition coefficient (Wildman–Crippen LogP) is 0.220. The summed E-state index contributed by atoms with van der Waals surface area (Å²) < 4.78 is 4.85. The van der Waals surface area contributed by atoms with E-state index in [0.29, 0.717) is 12.1 Å². The standard InChI is InChI=1S/C13H19N3O3/c1-10(15-12(17)11-3-8-19-9-11)13(18)16-6-2-4-14-5-7-16/h3,8-10,14H,2,4-7H2,1H3,(H,15,17). The first-order valence-corrected chi connectivity index (χ1v) is 6.51. The maximum absolute atomic E-state index is 12.2. The Morgan fingerprint density at radius 2 is 2.26 bits per heavy atom. The summed E-state index contributed by atoms with van der Waals surface area (Å²) in [6.07, 6.45) is 3.73. The summed E-state index contributed by atoms with van der Waals surface area (Å²) in [4.78, 5) is 25.8. The molecule has 0 bridgehead atoms. The molecule has 104 valence electrons. The Balaban J connectivity index is 1.89. The van der Waals surface area contributed by atoms with Crippen molar-refractivity contribution in [1.82, 2.24) is 15.5 Å². The fourth-order valence-corrected chi connectivity index (χ4v) is 2.08. The van der Waals surface area contributed by atoms with Crippen molar-refractivity contribution in [2.24, 2.45) is 0 Å². The summed E-state index contributed by atoms with van der Waals surface area (Å²) >= 11 is 0. The number of nitrogens with zero attached hydrogens (tertiary/aromatic N) is 1. The Morgan fingerprint density at radius 1 is 1.42 bits per heavy atom. The highest BCUT2D eigenvalue weighted by atomic mass is 16.3. The second kappa shape index (κ2) is 6.38. The molecule has 1 unspecified atom stereocenters. The monoisotopic (exact) mass is 265 g/mol. The van der Waals surface area contributed by atoms with Crippen LogP contribution in [0.3, 0.4) is 0 Å². The van der Waals surface area contributed by atoms with Gasteiger partial charge in [-0.05, 0) is 26.0 Å². The zero-order valence-electron chi connectivity index (χ0n) is 11.0. The third kappa shape index (κ3) is 3.57. The highest BCUT2D eigenvalue weighted by molar-refractivity contribution is 5.97. The molecule has 1 saturated heterocycles. The number of nitrogens with one attached hydrogen (secondary N) is 2. The molecule has 6 heteroatoms. The third-order valence-electron chi connectivity index (χ3n) is 3.15. The van der Waals surface area contributed by atoms with Gasteiger partial charge in [-0.1, -0.05) is 0 Å². The first-order chi connectivity index (χ1) is 9.18. The van der Waals surface area contributed by atoms with Gasteiger partial charge in [0, 0.05) is 19.6 Å². The first-order valence-electron chi connectivity index (χ1n) is 6.51. The average Bonchev–Trinajstić information content (AvgIpc) is 2.81. The molecule has 0 radical (unpaired) electrons. The molecule has 1 aliphatic heterocycles. The largest absolute Gasteiger partial charge is 0.472 e. The second-order valence-electron chi connectivity index (χ2n) is 4.64. The molecule has 1 aromatic heterocycles. The van der Waals surface area contributed by atoms with E-state index in [-0.39, 0.29) is 11.8 Å². The van der Waals surface area contributed by atoms with E-state index in [1.54, 1.807) is 17.9 Å².